The lowest BCUT2D eigenvalue weighted by atomic mass is 10.1. The minimum absolute atomic E-state index is 0.0683. The molecule has 3 rings (SSSR count). The second kappa shape index (κ2) is 7.26. The van der Waals surface area contributed by atoms with Crippen molar-refractivity contribution in [3.8, 4) is 5.75 Å². The number of hydrogen-bond acceptors (Lipinski definition) is 4. The molecule has 0 spiro atoms. The number of fused-ring (bicyclic) bond motifs is 1. The van der Waals surface area contributed by atoms with E-state index in [1.807, 2.05) is 47.8 Å². The summed E-state index contributed by atoms with van der Waals surface area (Å²) in [6, 6.07) is 17.1. The standard InChI is InChI=1S/C18H17NO3S/c20-16(15-12-23-17-9-5-4-8-14(15)17)10-19-18(21)11-22-13-6-2-1-3-7-13/h1-9,12,16,20H,10-11H2,(H,19,21). The first-order valence-corrected chi connectivity index (χ1v) is 8.21. The van der Waals surface area contributed by atoms with Gasteiger partial charge in [0.2, 0.25) is 0 Å². The zero-order chi connectivity index (χ0) is 16.1. The first-order chi connectivity index (χ1) is 11.2. The van der Waals surface area contributed by atoms with Gasteiger partial charge >= 0.3 is 0 Å². The maximum atomic E-state index is 11.8. The Hall–Kier alpha value is -2.37. The number of para-hydroxylation sites is 1. The predicted molar refractivity (Wildman–Crippen MR) is 91.7 cm³/mol. The molecule has 5 heteroatoms. The average Bonchev–Trinajstić information content (AvgIpc) is 3.03. The molecule has 0 bridgehead atoms. The van der Waals surface area contributed by atoms with Crippen LogP contribution < -0.4 is 10.1 Å². The van der Waals surface area contributed by atoms with Gasteiger partial charge in [0.25, 0.3) is 5.91 Å². The second-order valence-electron chi connectivity index (χ2n) is 5.11. The number of carbonyl (C=O) groups is 1. The Balaban J connectivity index is 1.52. The largest absolute Gasteiger partial charge is 0.484 e. The summed E-state index contributed by atoms with van der Waals surface area (Å²) < 4.78 is 6.49. The molecule has 0 aliphatic carbocycles. The van der Waals surface area contributed by atoms with Gasteiger partial charge in [-0.1, -0.05) is 36.4 Å². The number of thiophene rings is 1. The van der Waals surface area contributed by atoms with Gasteiger partial charge in [-0.25, -0.2) is 0 Å². The number of nitrogens with one attached hydrogen (secondary N) is 1. The van der Waals surface area contributed by atoms with Gasteiger partial charge in [0.1, 0.15) is 5.75 Å². The van der Waals surface area contributed by atoms with Gasteiger partial charge in [-0.3, -0.25) is 4.79 Å². The highest BCUT2D eigenvalue weighted by atomic mass is 32.1. The third-order valence-corrected chi connectivity index (χ3v) is 4.46. The number of amides is 1. The fourth-order valence-electron chi connectivity index (χ4n) is 2.29. The lowest BCUT2D eigenvalue weighted by molar-refractivity contribution is -0.123. The molecule has 2 N–H and O–H groups in total. The van der Waals surface area contributed by atoms with Crippen molar-refractivity contribution in [1.82, 2.24) is 5.32 Å². The first kappa shape index (κ1) is 15.5. The quantitative estimate of drug-likeness (QED) is 0.731. The van der Waals surface area contributed by atoms with E-state index in [2.05, 4.69) is 5.32 Å². The Morgan fingerprint density at radius 3 is 2.70 bits per heavy atom. The molecule has 1 amide bonds. The van der Waals surface area contributed by atoms with Gasteiger partial charge < -0.3 is 15.2 Å². The molecule has 118 valence electrons. The van der Waals surface area contributed by atoms with Crippen molar-refractivity contribution in [2.45, 2.75) is 6.10 Å². The lowest BCUT2D eigenvalue weighted by Crippen LogP contribution is -2.32. The van der Waals surface area contributed by atoms with Crippen molar-refractivity contribution >= 4 is 27.3 Å². The SMILES string of the molecule is O=C(COc1ccccc1)NCC(O)c1csc2ccccc12. The molecule has 0 radical (unpaired) electrons. The van der Waals surface area contributed by atoms with Gasteiger partial charge in [0.15, 0.2) is 6.61 Å². The zero-order valence-electron chi connectivity index (χ0n) is 12.4. The van der Waals surface area contributed by atoms with E-state index in [1.165, 1.54) is 0 Å². The highest BCUT2D eigenvalue weighted by molar-refractivity contribution is 7.17. The molecule has 0 aliphatic rings. The maximum Gasteiger partial charge on any atom is 0.258 e. The van der Waals surface area contributed by atoms with Crippen LogP contribution in [0.3, 0.4) is 0 Å². The minimum atomic E-state index is -0.730. The normalized spacial score (nSPS) is 12.0. The van der Waals surface area contributed by atoms with Crippen LogP contribution in [-0.2, 0) is 4.79 Å². The number of benzene rings is 2. The topological polar surface area (TPSA) is 58.6 Å². The molecule has 4 nitrogen and oxygen atoms in total. The summed E-state index contributed by atoms with van der Waals surface area (Å²) in [6.45, 7) is 0.0961. The van der Waals surface area contributed by atoms with E-state index in [-0.39, 0.29) is 19.1 Å². The van der Waals surface area contributed by atoms with Crippen LogP contribution in [0.15, 0.2) is 60.0 Å². The molecular weight excluding hydrogens is 310 g/mol. The van der Waals surface area contributed by atoms with Crippen LogP contribution in [0, 0.1) is 0 Å². The first-order valence-electron chi connectivity index (χ1n) is 7.33. The smallest absolute Gasteiger partial charge is 0.258 e. The predicted octanol–water partition coefficient (Wildman–Crippen LogP) is 3.13. The van der Waals surface area contributed by atoms with Crippen LogP contribution in [0.2, 0.25) is 0 Å². The van der Waals surface area contributed by atoms with E-state index >= 15 is 0 Å². The molecule has 1 unspecified atom stereocenters. The van der Waals surface area contributed by atoms with E-state index < -0.39 is 6.10 Å². The number of aliphatic hydroxyl groups is 1. The van der Waals surface area contributed by atoms with Crippen molar-refractivity contribution in [2.75, 3.05) is 13.2 Å². The lowest BCUT2D eigenvalue weighted by Gasteiger charge is -2.12. The summed E-state index contributed by atoms with van der Waals surface area (Å²) in [4.78, 5) is 11.8. The number of hydrogen-bond donors (Lipinski definition) is 2. The highest BCUT2D eigenvalue weighted by Crippen LogP contribution is 2.29. The van der Waals surface area contributed by atoms with Crippen LogP contribution in [-0.4, -0.2) is 24.2 Å². The molecule has 0 fully saturated rings. The fraction of sp³-hybridized carbons (Fsp3) is 0.167. The van der Waals surface area contributed by atoms with Crippen molar-refractivity contribution < 1.29 is 14.6 Å². The van der Waals surface area contributed by atoms with Gasteiger partial charge in [-0.05, 0) is 29.0 Å². The Bertz CT molecular complexity index is 785. The second-order valence-corrected chi connectivity index (χ2v) is 6.02. The van der Waals surface area contributed by atoms with E-state index in [0.29, 0.717) is 5.75 Å². The van der Waals surface area contributed by atoms with E-state index in [0.717, 1.165) is 15.6 Å². The van der Waals surface area contributed by atoms with E-state index in [9.17, 15) is 9.90 Å². The van der Waals surface area contributed by atoms with Crippen LogP contribution in [0.25, 0.3) is 10.1 Å². The molecule has 0 saturated carbocycles. The summed E-state index contributed by atoms with van der Waals surface area (Å²) in [7, 11) is 0. The summed E-state index contributed by atoms with van der Waals surface area (Å²) >= 11 is 1.59. The van der Waals surface area contributed by atoms with Gasteiger partial charge in [-0.15, -0.1) is 11.3 Å². The maximum absolute atomic E-state index is 11.8. The molecule has 1 atom stereocenters. The molecule has 1 aromatic heterocycles. The highest BCUT2D eigenvalue weighted by Gasteiger charge is 2.14. The van der Waals surface area contributed by atoms with E-state index in [4.69, 9.17) is 4.74 Å². The Morgan fingerprint density at radius 1 is 1.13 bits per heavy atom. The summed E-state index contributed by atoms with van der Waals surface area (Å²) in [5.41, 5.74) is 0.842. The summed E-state index contributed by atoms with van der Waals surface area (Å²) in [5.74, 6) is 0.388. The number of rotatable bonds is 6. The van der Waals surface area contributed by atoms with Crippen LogP contribution in [0.4, 0.5) is 0 Å². The Kier molecular flexibility index (Phi) is 4.90. The zero-order valence-corrected chi connectivity index (χ0v) is 13.3. The summed E-state index contributed by atoms with van der Waals surface area (Å²) in [6.07, 6.45) is -0.730. The fourth-order valence-corrected chi connectivity index (χ4v) is 3.30. The molecule has 0 saturated heterocycles. The van der Waals surface area contributed by atoms with Gasteiger partial charge in [0, 0.05) is 16.8 Å². The molecule has 0 aliphatic heterocycles. The van der Waals surface area contributed by atoms with Gasteiger partial charge in [-0.2, -0.15) is 0 Å². The number of ether oxygens (including phenoxy) is 1. The van der Waals surface area contributed by atoms with Crippen molar-refractivity contribution in [2.24, 2.45) is 0 Å². The van der Waals surface area contributed by atoms with Crippen molar-refractivity contribution in [3.63, 3.8) is 0 Å². The Labute approximate surface area is 138 Å². The Morgan fingerprint density at radius 2 is 1.87 bits per heavy atom. The van der Waals surface area contributed by atoms with Crippen molar-refractivity contribution in [1.29, 1.82) is 0 Å². The monoisotopic (exact) mass is 327 g/mol. The molecule has 23 heavy (non-hydrogen) atoms. The third kappa shape index (κ3) is 3.88. The van der Waals surface area contributed by atoms with E-state index in [1.54, 1.807) is 23.5 Å². The summed E-state index contributed by atoms with van der Waals surface area (Å²) in [5, 5.41) is 15.9. The van der Waals surface area contributed by atoms with Crippen molar-refractivity contribution in [3.05, 3.63) is 65.5 Å². The van der Waals surface area contributed by atoms with Crippen LogP contribution >= 0.6 is 11.3 Å². The molecule has 1 heterocycles. The number of carbonyl (C=O) groups excluding carboxylic acids is 1. The third-order valence-electron chi connectivity index (χ3n) is 3.48. The average molecular weight is 327 g/mol. The van der Waals surface area contributed by atoms with Crippen LogP contribution in [0.1, 0.15) is 11.7 Å². The number of aliphatic hydroxyl groups excluding tert-OH is 1. The molecular formula is C18H17NO3S. The molecule has 2 aromatic carbocycles. The minimum Gasteiger partial charge on any atom is -0.484 e. The van der Waals surface area contributed by atoms with Gasteiger partial charge in [0.05, 0.1) is 6.10 Å². The molecule has 3 aromatic rings. The van der Waals surface area contributed by atoms with Crippen LogP contribution in [0.5, 0.6) is 5.75 Å².